The zero-order valence-corrected chi connectivity index (χ0v) is 12.6. The summed E-state index contributed by atoms with van der Waals surface area (Å²) in [5.41, 5.74) is 1.32. The van der Waals surface area contributed by atoms with Crippen LogP contribution in [0.15, 0.2) is 30.3 Å². The van der Waals surface area contributed by atoms with Gasteiger partial charge in [-0.2, -0.15) is 0 Å². The van der Waals surface area contributed by atoms with E-state index in [1.807, 2.05) is 18.2 Å². The number of hydrogen-bond donors (Lipinski definition) is 2. The molecule has 3 heteroatoms. The van der Waals surface area contributed by atoms with E-state index in [-0.39, 0.29) is 11.6 Å². The highest BCUT2D eigenvalue weighted by Gasteiger charge is 2.18. The summed E-state index contributed by atoms with van der Waals surface area (Å²) in [4.78, 5) is 0. The van der Waals surface area contributed by atoms with Gasteiger partial charge in [-0.15, -0.1) is 0 Å². The molecule has 3 N–H and O–H groups in total. The summed E-state index contributed by atoms with van der Waals surface area (Å²) >= 11 is 0. The normalized spacial score (nSPS) is 15.2. The van der Waals surface area contributed by atoms with Crippen LogP contribution in [-0.4, -0.2) is 29.9 Å². The average Bonchev–Trinajstić information content (AvgIpc) is 2.37. The number of ether oxygens (including phenoxy) is 1. The molecule has 0 saturated heterocycles. The van der Waals surface area contributed by atoms with Gasteiger partial charge in [-0.25, -0.2) is 0 Å². The minimum Gasteiger partial charge on any atom is -0.385 e. The third-order valence-electron chi connectivity index (χ3n) is 3.03. The SMILES string of the molecule is CC[C@H](OC[C@@H](O)C[NH2+]C(C)(C)C)c1ccccc1. The molecule has 0 heterocycles. The standard InChI is InChI=1S/C16H27NO2/c1-5-15(13-9-7-6-8-10-13)19-12-14(18)11-17-16(2,3)4/h6-10,14-15,17-18H,5,11-12H2,1-4H3/p+1/t14-,15-/m0/s1. The van der Waals surface area contributed by atoms with Gasteiger partial charge in [0.1, 0.15) is 12.6 Å². The van der Waals surface area contributed by atoms with Gasteiger partial charge in [0.25, 0.3) is 0 Å². The summed E-state index contributed by atoms with van der Waals surface area (Å²) in [6.07, 6.45) is 0.571. The third kappa shape index (κ3) is 6.71. The lowest BCUT2D eigenvalue weighted by atomic mass is 10.1. The van der Waals surface area contributed by atoms with Crippen molar-refractivity contribution in [3.05, 3.63) is 35.9 Å². The first-order valence-electron chi connectivity index (χ1n) is 7.11. The van der Waals surface area contributed by atoms with Gasteiger partial charge < -0.3 is 15.2 Å². The van der Waals surface area contributed by atoms with Crippen molar-refractivity contribution in [1.82, 2.24) is 0 Å². The van der Waals surface area contributed by atoms with E-state index in [1.54, 1.807) is 0 Å². The topological polar surface area (TPSA) is 46.1 Å². The largest absolute Gasteiger partial charge is 0.385 e. The molecule has 0 fully saturated rings. The summed E-state index contributed by atoms with van der Waals surface area (Å²) in [6.45, 7) is 9.58. The number of nitrogens with two attached hydrogens (primary N) is 1. The summed E-state index contributed by atoms with van der Waals surface area (Å²) in [5.74, 6) is 0. The zero-order chi connectivity index (χ0) is 14.3. The second-order valence-electron chi connectivity index (χ2n) is 6.10. The summed E-state index contributed by atoms with van der Waals surface area (Å²) in [6, 6.07) is 10.2. The maximum atomic E-state index is 9.95. The minimum absolute atomic E-state index is 0.0745. The van der Waals surface area contributed by atoms with Crippen molar-refractivity contribution in [2.45, 2.75) is 51.9 Å². The average molecular weight is 266 g/mol. The fourth-order valence-electron chi connectivity index (χ4n) is 1.90. The molecule has 0 amide bonds. The van der Waals surface area contributed by atoms with Gasteiger partial charge in [0.2, 0.25) is 0 Å². The quantitative estimate of drug-likeness (QED) is 0.791. The third-order valence-corrected chi connectivity index (χ3v) is 3.03. The molecule has 0 saturated carbocycles. The van der Waals surface area contributed by atoms with Crippen molar-refractivity contribution in [3.8, 4) is 0 Å². The fourth-order valence-corrected chi connectivity index (χ4v) is 1.90. The molecule has 0 unspecified atom stereocenters. The van der Waals surface area contributed by atoms with Crippen LogP contribution < -0.4 is 5.32 Å². The predicted octanol–water partition coefficient (Wildman–Crippen LogP) is 1.88. The number of quaternary nitrogens is 1. The molecule has 0 aliphatic rings. The molecule has 0 aromatic heterocycles. The Balaban J connectivity index is 2.37. The summed E-state index contributed by atoms with van der Waals surface area (Å²) in [7, 11) is 0. The van der Waals surface area contributed by atoms with E-state index in [4.69, 9.17) is 4.74 Å². The van der Waals surface area contributed by atoms with Crippen LogP contribution in [0.4, 0.5) is 0 Å². The summed E-state index contributed by atoms with van der Waals surface area (Å²) in [5, 5.41) is 12.1. The lowest BCUT2D eigenvalue weighted by molar-refractivity contribution is -0.722. The first kappa shape index (κ1) is 16.2. The molecule has 0 bridgehead atoms. The lowest BCUT2D eigenvalue weighted by Crippen LogP contribution is -2.96. The van der Waals surface area contributed by atoms with Crippen molar-refractivity contribution >= 4 is 0 Å². The van der Waals surface area contributed by atoms with Crippen LogP contribution in [0.2, 0.25) is 0 Å². The highest BCUT2D eigenvalue weighted by molar-refractivity contribution is 5.17. The minimum atomic E-state index is -0.419. The molecule has 2 atom stereocenters. The van der Waals surface area contributed by atoms with E-state index in [9.17, 15) is 5.11 Å². The van der Waals surface area contributed by atoms with Crippen LogP contribution in [0, 0.1) is 0 Å². The van der Waals surface area contributed by atoms with Crippen molar-refractivity contribution in [3.63, 3.8) is 0 Å². The smallest absolute Gasteiger partial charge is 0.126 e. The highest BCUT2D eigenvalue weighted by atomic mass is 16.5. The maximum Gasteiger partial charge on any atom is 0.126 e. The van der Waals surface area contributed by atoms with Gasteiger partial charge in [-0.05, 0) is 32.8 Å². The number of aliphatic hydroxyl groups excluding tert-OH is 1. The van der Waals surface area contributed by atoms with Gasteiger partial charge in [-0.1, -0.05) is 37.3 Å². The van der Waals surface area contributed by atoms with Crippen LogP contribution in [0.5, 0.6) is 0 Å². The molecule has 3 nitrogen and oxygen atoms in total. The van der Waals surface area contributed by atoms with Gasteiger partial charge in [0.05, 0.1) is 18.2 Å². The second kappa shape index (κ2) is 7.63. The molecule has 0 aliphatic carbocycles. The molecule has 1 aromatic rings. The molecule has 1 aromatic carbocycles. The van der Waals surface area contributed by atoms with Crippen LogP contribution in [0.25, 0.3) is 0 Å². The number of benzene rings is 1. The second-order valence-corrected chi connectivity index (χ2v) is 6.10. The Bertz CT molecular complexity index is 346. The lowest BCUT2D eigenvalue weighted by Gasteiger charge is -2.21. The van der Waals surface area contributed by atoms with E-state index >= 15 is 0 Å². The van der Waals surface area contributed by atoms with Crippen LogP contribution in [0.3, 0.4) is 0 Å². The Morgan fingerprint density at radius 1 is 1.21 bits per heavy atom. The first-order valence-corrected chi connectivity index (χ1v) is 7.11. The highest BCUT2D eigenvalue weighted by Crippen LogP contribution is 2.20. The number of aliphatic hydroxyl groups is 1. The monoisotopic (exact) mass is 266 g/mol. The zero-order valence-electron chi connectivity index (χ0n) is 12.6. The Labute approximate surface area is 117 Å². The Morgan fingerprint density at radius 3 is 2.37 bits per heavy atom. The molecule has 108 valence electrons. The molecule has 1 rings (SSSR count). The Morgan fingerprint density at radius 2 is 1.84 bits per heavy atom. The van der Waals surface area contributed by atoms with Gasteiger partial charge >= 0.3 is 0 Å². The van der Waals surface area contributed by atoms with Gasteiger partial charge in [0.15, 0.2) is 0 Å². The molecule has 0 aliphatic heterocycles. The molecular weight excluding hydrogens is 238 g/mol. The molecular formula is C16H28NO2+. The number of rotatable bonds is 7. The maximum absolute atomic E-state index is 9.95. The van der Waals surface area contributed by atoms with E-state index in [0.717, 1.165) is 6.42 Å². The van der Waals surface area contributed by atoms with Crippen molar-refractivity contribution in [2.75, 3.05) is 13.2 Å². The van der Waals surface area contributed by atoms with Crippen molar-refractivity contribution < 1.29 is 15.2 Å². The molecule has 0 spiro atoms. The number of hydrogen-bond acceptors (Lipinski definition) is 2. The summed E-state index contributed by atoms with van der Waals surface area (Å²) < 4.78 is 5.83. The van der Waals surface area contributed by atoms with Crippen molar-refractivity contribution in [1.29, 1.82) is 0 Å². The van der Waals surface area contributed by atoms with Crippen LogP contribution >= 0.6 is 0 Å². The molecule has 0 radical (unpaired) electrons. The Hall–Kier alpha value is -0.900. The van der Waals surface area contributed by atoms with Gasteiger partial charge in [0, 0.05) is 0 Å². The fraction of sp³-hybridized carbons (Fsp3) is 0.625. The first-order chi connectivity index (χ1) is 8.92. The van der Waals surface area contributed by atoms with Crippen molar-refractivity contribution in [2.24, 2.45) is 0 Å². The van der Waals surface area contributed by atoms with E-state index in [1.165, 1.54) is 5.56 Å². The molecule has 19 heavy (non-hydrogen) atoms. The predicted molar refractivity (Wildman–Crippen MR) is 78.0 cm³/mol. The van der Waals surface area contributed by atoms with E-state index < -0.39 is 6.10 Å². The van der Waals surface area contributed by atoms with E-state index in [2.05, 4.69) is 45.1 Å². The van der Waals surface area contributed by atoms with Crippen LogP contribution in [0.1, 0.15) is 45.8 Å². The van der Waals surface area contributed by atoms with Crippen LogP contribution in [-0.2, 0) is 4.74 Å². The van der Waals surface area contributed by atoms with E-state index in [0.29, 0.717) is 13.2 Å². The van der Waals surface area contributed by atoms with Gasteiger partial charge in [-0.3, -0.25) is 0 Å². The Kier molecular flexibility index (Phi) is 6.49.